The number of ether oxygens (including phenoxy) is 1. The quantitative estimate of drug-likeness (QED) is 0.621. The molecule has 2 heterocycles. The number of anilines is 1. The second kappa shape index (κ2) is 6.48. The fraction of sp³-hybridized carbons (Fsp3) is 0.357. The van der Waals surface area contributed by atoms with Crippen molar-refractivity contribution in [3.63, 3.8) is 0 Å². The average molecular weight is 392 g/mol. The van der Waals surface area contributed by atoms with Gasteiger partial charge in [0.25, 0.3) is 5.91 Å². The molecule has 3 rings (SSSR count). The van der Waals surface area contributed by atoms with Crippen LogP contribution < -0.4 is 16.3 Å². The molecule has 1 aliphatic heterocycles. The number of rotatable bonds is 4. The zero-order chi connectivity index (χ0) is 19.9. The number of nitrogens with zero attached hydrogens (tertiary/aromatic N) is 3. The molecule has 0 saturated carbocycles. The summed E-state index contributed by atoms with van der Waals surface area (Å²) in [4.78, 5) is 28.3. The summed E-state index contributed by atoms with van der Waals surface area (Å²) in [5.41, 5.74) is 3.51. The molecule has 2 N–H and O–H groups in total. The Bertz CT molecular complexity index is 980. The molecule has 1 aliphatic rings. The van der Waals surface area contributed by atoms with Crippen LogP contribution in [-0.4, -0.2) is 42.5 Å². The Morgan fingerprint density at radius 3 is 2.70 bits per heavy atom. The zero-order valence-corrected chi connectivity index (χ0v) is 13.6. The Kier molecular flexibility index (Phi) is 4.45. The van der Waals surface area contributed by atoms with Gasteiger partial charge in [0.15, 0.2) is 17.5 Å². The van der Waals surface area contributed by atoms with E-state index in [2.05, 4.69) is 9.99 Å². The minimum Gasteiger partial charge on any atom is -0.434 e. The molecule has 2 aromatic rings. The van der Waals surface area contributed by atoms with E-state index in [1.165, 1.54) is 0 Å². The lowest BCUT2D eigenvalue weighted by atomic mass is 10.2. The zero-order valence-electron chi connectivity index (χ0n) is 13.6. The van der Waals surface area contributed by atoms with Gasteiger partial charge in [-0.25, -0.2) is 9.18 Å². The van der Waals surface area contributed by atoms with Gasteiger partial charge in [-0.05, 0) is 5.16 Å². The van der Waals surface area contributed by atoms with Crippen LogP contribution in [-0.2, 0) is 20.9 Å². The number of alkyl halides is 3. The van der Waals surface area contributed by atoms with Crippen molar-refractivity contribution in [3.8, 4) is 0 Å². The van der Waals surface area contributed by atoms with Crippen LogP contribution in [0.3, 0.4) is 0 Å². The Morgan fingerprint density at radius 2 is 2.15 bits per heavy atom. The highest BCUT2D eigenvalue weighted by Gasteiger charge is 2.37. The number of carbonyl (C=O) groups is 2. The monoisotopic (exact) mass is 392 g/mol. The van der Waals surface area contributed by atoms with Gasteiger partial charge >= 0.3 is 18.0 Å². The fourth-order valence-corrected chi connectivity index (χ4v) is 2.60. The van der Waals surface area contributed by atoms with E-state index >= 15 is 0 Å². The van der Waals surface area contributed by atoms with Crippen LogP contribution in [0, 0.1) is 5.82 Å². The molecule has 27 heavy (non-hydrogen) atoms. The molecule has 2 amide bonds. The first-order valence-corrected chi connectivity index (χ1v) is 7.35. The maximum Gasteiger partial charge on any atom is 0.415 e. The van der Waals surface area contributed by atoms with E-state index in [1.807, 2.05) is 0 Å². The van der Waals surface area contributed by atoms with Gasteiger partial charge < -0.3 is 19.7 Å². The fourth-order valence-electron chi connectivity index (χ4n) is 2.60. The molecule has 1 aromatic heterocycles. The highest BCUT2D eigenvalue weighted by Crippen LogP contribution is 2.29. The maximum atomic E-state index is 14.6. The molecule has 0 unspecified atom stereocenters. The third kappa shape index (κ3) is 3.52. The summed E-state index contributed by atoms with van der Waals surface area (Å²) in [6.07, 6.45) is -6.88. The van der Waals surface area contributed by atoms with E-state index in [1.54, 1.807) is 0 Å². The standard InChI is InChI=1S/C14H12F4N4O5/c1-25-20-12-22(5-14(16,17)18)10-7(15)2-6(3-8(10)26-12)21-4-9(11(19)23)27-13(21)24/h2-3,9H,4-5H2,1H3,(H2,19,23)/b20-12-/t9-/m1/s1. The Hall–Kier alpha value is -3.25. The summed E-state index contributed by atoms with van der Waals surface area (Å²) in [6, 6.07) is 1.93. The molecule has 1 fully saturated rings. The molecule has 1 aromatic carbocycles. The summed E-state index contributed by atoms with van der Waals surface area (Å²) in [5, 5.41) is 3.31. The van der Waals surface area contributed by atoms with Gasteiger partial charge in [0.1, 0.15) is 19.2 Å². The number of hydrogen-bond acceptors (Lipinski definition) is 6. The van der Waals surface area contributed by atoms with Crippen molar-refractivity contribution in [3.05, 3.63) is 23.6 Å². The van der Waals surface area contributed by atoms with Gasteiger partial charge in [-0.2, -0.15) is 13.2 Å². The maximum absolute atomic E-state index is 14.6. The van der Waals surface area contributed by atoms with Crippen molar-refractivity contribution >= 4 is 28.8 Å². The first-order chi connectivity index (χ1) is 12.6. The van der Waals surface area contributed by atoms with Gasteiger partial charge in [-0.1, -0.05) is 0 Å². The van der Waals surface area contributed by atoms with Gasteiger partial charge in [0.05, 0.1) is 12.2 Å². The third-order valence-corrected chi connectivity index (χ3v) is 3.66. The first kappa shape index (κ1) is 18.5. The van der Waals surface area contributed by atoms with Crippen LogP contribution in [0.5, 0.6) is 0 Å². The largest absolute Gasteiger partial charge is 0.434 e. The van der Waals surface area contributed by atoms with Gasteiger partial charge in [-0.3, -0.25) is 14.3 Å². The van der Waals surface area contributed by atoms with Crippen LogP contribution >= 0.6 is 0 Å². The number of carbonyl (C=O) groups excluding carboxylic acids is 2. The lowest BCUT2D eigenvalue weighted by molar-refractivity contribution is -0.141. The van der Waals surface area contributed by atoms with Gasteiger partial charge in [0.2, 0.25) is 0 Å². The lowest BCUT2D eigenvalue weighted by Crippen LogP contribution is -2.32. The number of benzene rings is 1. The third-order valence-electron chi connectivity index (χ3n) is 3.66. The number of aromatic nitrogens is 1. The van der Waals surface area contributed by atoms with E-state index in [-0.39, 0.29) is 17.8 Å². The predicted octanol–water partition coefficient (Wildman–Crippen LogP) is 1.21. The van der Waals surface area contributed by atoms with Crippen molar-refractivity contribution in [1.82, 2.24) is 4.57 Å². The molecule has 1 saturated heterocycles. The molecule has 1 atom stereocenters. The highest BCUT2D eigenvalue weighted by molar-refractivity contribution is 5.96. The van der Waals surface area contributed by atoms with Crippen LogP contribution in [0.2, 0.25) is 0 Å². The second-order valence-corrected chi connectivity index (χ2v) is 5.52. The van der Waals surface area contributed by atoms with Crippen LogP contribution in [0.15, 0.2) is 21.7 Å². The van der Waals surface area contributed by atoms with Crippen LogP contribution in [0.1, 0.15) is 0 Å². The van der Waals surface area contributed by atoms with Crippen LogP contribution in [0.4, 0.5) is 28.0 Å². The average Bonchev–Trinajstić information content (AvgIpc) is 3.08. The van der Waals surface area contributed by atoms with Crippen LogP contribution in [0.25, 0.3) is 11.1 Å². The number of nitrogens with two attached hydrogens (primary N) is 1. The van der Waals surface area contributed by atoms with Crippen molar-refractivity contribution in [2.24, 2.45) is 10.9 Å². The van der Waals surface area contributed by atoms with E-state index in [4.69, 9.17) is 14.9 Å². The Morgan fingerprint density at radius 1 is 1.44 bits per heavy atom. The summed E-state index contributed by atoms with van der Waals surface area (Å²) in [5.74, 6) is -2.00. The molecular formula is C14H12F4N4O5. The summed E-state index contributed by atoms with van der Waals surface area (Å²) >= 11 is 0. The van der Waals surface area contributed by atoms with Gasteiger partial charge in [-0.15, -0.1) is 0 Å². The number of cyclic esters (lactones) is 1. The SMILES string of the molecule is CO/N=c1\oc2cc(N3C[C@H](C(N)=O)OC3=O)cc(F)c2n1CC(F)(F)F. The highest BCUT2D eigenvalue weighted by atomic mass is 19.4. The van der Waals surface area contributed by atoms with E-state index < -0.39 is 47.8 Å². The number of primary amides is 1. The minimum atomic E-state index is -4.68. The van der Waals surface area contributed by atoms with E-state index in [0.717, 1.165) is 24.1 Å². The van der Waals surface area contributed by atoms with Crippen molar-refractivity contribution in [1.29, 1.82) is 0 Å². The smallest absolute Gasteiger partial charge is 0.415 e. The van der Waals surface area contributed by atoms with Gasteiger partial charge in [0, 0.05) is 12.1 Å². The number of fused-ring (bicyclic) bond motifs is 1. The normalized spacial score (nSPS) is 18.3. The molecular weight excluding hydrogens is 380 g/mol. The molecule has 13 heteroatoms. The number of oxazole rings is 1. The molecule has 0 spiro atoms. The number of amides is 2. The minimum absolute atomic E-state index is 0.0920. The molecule has 0 radical (unpaired) electrons. The Balaban J connectivity index is 2.12. The van der Waals surface area contributed by atoms with E-state index in [9.17, 15) is 27.2 Å². The molecule has 9 nitrogen and oxygen atoms in total. The first-order valence-electron chi connectivity index (χ1n) is 7.35. The summed E-state index contributed by atoms with van der Waals surface area (Å²) in [7, 11) is 1.08. The Labute approximate surface area is 147 Å². The molecule has 0 aliphatic carbocycles. The predicted molar refractivity (Wildman–Crippen MR) is 79.6 cm³/mol. The molecule has 0 bridgehead atoms. The van der Waals surface area contributed by atoms with Crippen molar-refractivity contribution in [2.45, 2.75) is 18.8 Å². The summed E-state index contributed by atoms with van der Waals surface area (Å²) in [6.45, 7) is -1.86. The van der Waals surface area contributed by atoms with E-state index in [0.29, 0.717) is 4.57 Å². The number of hydrogen-bond donors (Lipinski definition) is 1. The summed E-state index contributed by atoms with van der Waals surface area (Å²) < 4.78 is 63.3. The number of halogens is 4. The van der Waals surface area contributed by atoms with Crippen molar-refractivity contribution < 1.29 is 41.1 Å². The lowest BCUT2D eigenvalue weighted by Gasteiger charge is -2.13. The topological polar surface area (TPSA) is 112 Å². The second-order valence-electron chi connectivity index (χ2n) is 5.52. The molecule has 146 valence electrons. The van der Waals surface area contributed by atoms with Crippen molar-refractivity contribution in [2.75, 3.05) is 18.6 Å².